The first-order valence-corrected chi connectivity index (χ1v) is 7.01. The summed E-state index contributed by atoms with van der Waals surface area (Å²) < 4.78 is 0. The zero-order chi connectivity index (χ0) is 12.5. The second-order valence-corrected chi connectivity index (χ2v) is 5.59. The van der Waals surface area contributed by atoms with Crippen molar-refractivity contribution in [2.75, 3.05) is 26.2 Å². The van der Waals surface area contributed by atoms with Gasteiger partial charge in [-0.15, -0.1) is 11.3 Å². The SMILES string of the molecule is O=C1NCCN1C(=O)N1CCC(c2cccs2)C1. The predicted molar refractivity (Wildman–Crippen MR) is 68.8 cm³/mol. The van der Waals surface area contributed by atoms with Crippen LogP contribution in [0.3, 0.4) is 0 Å². The lowest BCUT2D eigenvalue weighted by molar-refractivity contribution is 0.172. The Balaban J connectivity index is 1.65. The Morgan fingerprint density at radius 2 is 2.33 bits per heavy atom. The van der Waals surface area contributed by atoms with E-state index >= 15 is 0 Å². The molecule has 4 amide bonds. The van der Waals surface area contributed by atoms with E-state index in [1.165, 1.54) is 9.78 Å². The highest BCUT2D eigenvalue weighted by Gasteiger charge is 2.34. The molecule has 3 rings (SSSR count). The smallest absolute Gasteiger partial charge is 0.328 e. The lowest BCUT2D eigenvalue weighted by Gasteiger charge is -2.21. The Morgan fingerprint density at radius 1 is 1.44 bits per heavy atom. The Bertz CT molecular complexity index is 460. The number of nitrogens with zero attached hydrogens (tertiary/aromatic N) is 2. The number of hydrogen-bond donors (Lipinski definition) is 1. The molecule has 2 saturated heterocycles. The molecule has 1 atom stereocenters. The van der Waals surface area contributed by atoms with Crippen molar-refractivity contribution >= 4 is 23.4 Å². The first-order valence-electron chi connectivity index (χ1n) is 6.13. The number of likely N-dealkylation sites (tertiary alicyclic amines) is 1. The summed E-state index contributed by atoms with van der Waals surface area (Å²) >= 11 is 1.74. The topological polar surface area (TPSA) is 52.7 Å². The summed E-state index contributed by atoms with van der Waals surface area (Å²) in [6.45, 7) is 2.51. The zero-order valence-electron chi connectivity index (χ0n) is 9.96. The van der Waals surface area contributed by atoms with E-state index < -0.39 is 0 Å². The maximum absolute atomic E-state index is 12.2. The largest absolute Gasteiger partial charge is 0.336 e. The third-order valence-corrected chi connectivity index (χ3v) is 4.53. The van der Waals surface area contributed by atoms with E-state index in [0.717, 1.165) is 19.5 Å². The Morgan fingerprint density at radius 3 is 3.00 bits per heavy atom. The van der Waals surface area contributed by atoms with Crippen LogP contribution in [0.5, 0.6) is 0 Å². The summed E-state index contributed by atoms with van der Waals surface area (Å²) in [6, 6.07) is 3.74. The molecule has 0 aliphatic carbocycles. The van der Waals surface area contributed by atoms with Gasteiger partial charge in [0, 0.05) is 37.0 Å². The van der Waals surface area contributed by atoms with Crippen LogP contribution in [0.2, 0.25) is 0 Å². The van der Waals surface area contributed by atoms with E-state index in [4.69, 9.17) is 0 Å². The van der Waals surface area contributed by atoms with E-state index in [0.29, 0.717) is 19.0 Å². The lowest BCUT2D eigenvalue weighted by atomic mass is 10.1. The van der Waals surface area contributed by atoms with E-state index in [1.807, 2.05) is 6.07 Å². The van der Waals surface area contributed by atoms with Crippen molar-refractivity contribution in [1.29, 1.82) is 0 Å². The fourth-order valence-corrected chi connectivity index (χ4v) is 3.37. The van der Waals surface area contributed by atoms with Crippen molar-refractivity contribution < 1.29 is 9.59 Å². The highest BCUT2D eigenvalue weighted by Crippen LogP contribution is 2.30. The van der Waals surface area contributed by atoms with Gasteiger partial charge in [-0.1, -0.05) is 6.07 Å². The van der Waals surface area contributed by atoms with Crippen LogP contribution in [-0.4, -0.2) is 48.0 Å². The molecule has 1 N–H and O–H groups in total. The number of carbonyl (C=O) groups excluding carboxylic acids is 2. The molecule has 0 radical (unpaired) electrons. The van der Waals surface area contributed by atoms with Crippen molar-refractivity contribution in [2.24, 2.45) is 0 Å². The Labute approximate surface area is 109 Å². The fraction of sp³-hybridized carbons (Fsp3) is 0.500. The Kier molecular flexibility index (Phi) is 2.95. The van der Waals surface area contributed by atoms with Crippen molar-refractivity contribution in [3.05, 3.63) is 22.4 Å². The van der Waals surface area contributed by atoms with Gasteiger partial charge in [0.05, 0.1) is 0 Å². The molecule has 1 aromatic rings. The standard InChI is InChI=1S/C12H15N3O2S/c16-11-13-4-6-15(11)12(17)14-5-3-9(8-14)10-2-1-7-18-10/h1-2,7,9H,3-6,8H2,(H,13,16). The lowest BCUT2D eigenvalue weighted by Crippen LogP contribution is -2.43. The average Bonchev–Trinajstić information content (AvgIpc) is 3.09. The first-order chi connectivity index (χ1) is 8.75. The van der Waals surface area contributed by atoms with E-state index in [2.05, 4.69) is 16.8 Å². The molecular weight excluding hydrogens is 250 g/mol. The molecule has 0 spiro atoms. The van der Waals surface area contributed by atoms with Crippen LogP contribution in [-0.2, 0) is 0 Å². The average molecular weight is 265 g/mol. The minimum Gasteiger partial charge on any atom is -0.336 e. The number of nitrogens with one attached hydrogen (secondary N) is 1. The van der Waals surface area contributed by atoms with Gasteiger partial charge in [0.2, 0.25) is 0 Å². The van der Waals surface area contributed by atoms with Crippen LogP contribution in [0.1, 0.15) is 17.2 Å². The van der Waals surface area contributed by atoms with Crippen LogP contribution in [0, 0.1) is 0 Å². The molecule has 0 saturated carbocycles. The van der Waals surface area contributed by atoms with Gasteiger partial charge in [-0.2, -0.15) is 0 Å². The van der Waals surface area contributed by atoms with Crippen LogP contribution < -0.4 is 5.32 Å². The van der Waals surface area contributed by atoms with Gasteiger partial charge >= 0.3 is 12.1 Å². The monoisotopic (exact) mass is 265 g/mol. The molecule has 3 heterocycles. The number of amides is 4. The number of imide groups is 1. The van der Waals surface area contributed by atoms with Crippen LogP contribution in [0.25, 0.3) is 0 Å². The number of rotatable bonds is 1. The molecule has 18 heavy (non-hydrogen) atoms. The van der Waals surface area contributed by atoms with Crippen molar-refractivity contribution in [2.45, 2.75) is 12.3 Å². The van der Waals surface area contributed by atoms with Crippen LogP contribution in [0.15, 0.2) is 17.5 Å². The van der Waals surface area contributed by atoms with Gasteiger partial charge in [0.15, 0.2) is 0 Å². The molecule has 96 valence electrons. The molecule has 2 aliphatic rings. The maximum Gasteiger partial charge on any atom is 0.328 e. The molecule has 5 nitrogen and oxygen atoms in total. The van der Waals surface area contributed by atoms with Crippen LogP contribution >= 0.6 is 11.3 Å². The zero-order valence-corrected chi connectivity index (χ0v) is 10.8. The summed E-state index contributed by atoms with van der Waals surface area (Å²) in [4.78, 5) is 28.0. The van der Waals surface area contributed by atoms with Gasteiger partial charge in [-0.05, 0) is 17.9 Å². The normalized spacial score (nSPS) is 23.6. The van der Waals surface area contributed by atoms with Gasteiger partial charge in [0.1, 0.15) is 0 Å². The number of urea groups is 2. The number of thiophene rings is 1. The second kappa shape index (κ2) is 4.61. The van der Waals surface area contributed by atoms with Crippen molar-refractivity contribution in [3.8, 4) is 0 Å². The predicted octanol–water partition coefficient (Wildman–Crippen LogP) is 1.68. The molecular formula is C12H15N3O2S. The molecule has 0 bridgehead atoms. The van der Waals surface area contributed by atoms with Crippen LogP contribution in [0.4, 0.5) is 9.59 Å². The van der Waals surface area contributed by atoms with Crippen molar-refractivity contribution in [1.82, 2.24) is 15.1 Å². The molecule has 2 aliphatic heterocycles. The van der Waals surface area contributed by atoms with E-state index in [9.17, 15) is 9.59 Å². The third kappa shape index (κ3) is 1.96. The number of hydrogen-bond acceptors (Lipinski definition) is 3. The summed E-state index contributed by atoms with van der Waals surface area (Å²) in [6.07, 6.45) is 0.988. The summed E-state index contributed by atoms with van der Waals surface area (Å²) in [5.74, 6) is 0.430. The fourth-order valence-electron chi connectivity index (χ4n) is 2.51. The minimum absolute atomic E-state index is 0.149. The quantitative estimate of drug-likeness (QED) is 0.840. The molecule has 6 heteroatoms. The molecule has 1 unspecified atom stereocenters. The highest BCUT2D eigenvalue weighted by molar-refractivity contribution is 7.10. The van der Waals surface area contributed by atoms with E-state index in [1.54, 1.807) is 16.2 Å². The summed E-state index contributed by atoms with van der Waals surface area (Å²) in [5.41, 5.74) is 0. The summed E-state index contributed by atoms with van der Waals surface area (Å²) in [5, 5.41) is 4.72. The minimum atomic E-state index is -0.264. The van der Waals surface area contributed by atoms with E-state index in [-0.39, 0.29) is 12.1 Å². The van der Waals surface area contributed by atoms with Gasteiger partial charge < -0.3 is 10.2 Å². The maximum atomic E-state index is 12.2. The molecule has 2 fully saturated rings. The van der Waals surface area contributed by atoms with Gasteiger partial charge in [0.25, 0.3) is 0 Å². The van der Waals surface area contributed by atoms with Gasteiger partial charge in [-0.3, -0.25) is 0 Å². The van der Waals surface area contributed by atoms with Crippen molar-refractivity contribution in [3.63, 3.8) is 0 Å². The summed E-state index contributed by atoms with van der Waals surface area (Å²) in [7, 11) is 0. The second-order valence-electron chi connectivity index (χ2n) is 4.61. The molecule has 0 aromatic carbocycles. The number of carbonyl (C=O) groups is 2. The first kappa shape index (κ1) is 11.5. The molecule has 1 aromatic heterocycles. The third-order valence-electron chi connectivity index (χ3n) is 3.49. The Hall–Kier alpha value is -1.56. The highest BCUT2D eigenvalue weighted by atomic mass is 32.1. The van der Waals surface area contributed by atoms with Gasteiger partial charge in [-0.25, -0.2) is 14.5 Å².